The lowest BCUT2D eigenvalue weighted by Gasteiger charge is -2.53. The molecule has 1 aliphatic heterocycles. The summed E-state index contributed by atoms with van der Waals surface area (Å²) < 4.78 is 0. The Bertz CT molecular complexity index is 492. The van der Waals surface area contributed by atoms with Crippen molar-refractivity contribution in [2.24, 2.45) is 11.8 Å². The third kappa shape index (κ3) is 1.78. The number of aryl methyl sites for hydroxylation is 1. The van der Waals surface area contributed by atoms with Crippen LogP contribution < -0.4 is 0 Å². The van der Waals surface area contributed by atoms with E-state index in [2.05, 4.69) is 37.1 Å². The summed E-state index contributed by atoms with van der Waals surface area (Å²) in [7, 11) is 2.35. The van der Waals surface area contributed by atoms with Crippen molar-refractivity contribution in [3.8, 4) is 0 Å². The van der Waals surface area contributed by atoms with Crippen LogP contribution in [-0.2, 0) is 6.42 Å². The van der Waals surface area contributed by atoms with Crippen molar-refractivity contribution in [2.75, 3.05) is 13.6 Å². The molecule has 102 valence electrons. The summed E-state index contributed by atoms with van der Waals surface area (Å²) >= 11 is 0. The summed E-state index contributed by atoms with van der Waals surface area (Å²) in [4.78, 5) is 2.66. The van der Waals surface area contributed by atoms with Gasteiger partial charge in [0, 0.05) is 6.04 Å². The molecule has 0 spiro atoms. The van der Waals surface area contributed by atoms with Crippen molar-refractivity contribution < 1.29 is 0 Å². The second kappa shape index (κ2) is 4.34. The second-order valence-electron chi connectivity index (χ2n) is 7.12. The highest BCUT2D eigenvalue weighted by atomic mass is 15.1. The monoisotopic (exact) mass is 255 g/mol. The Morgan fingerprint density at radius 3 is 2.95 bits per heavy atom. The van der Waals surface area contributed by atoms with Gasteiger partial charge in [0.05, 0.1) is 0 Å². The van der Waals surface area contributed by atoms with Crippen molar-refractivity contribution in [1.29, 1.82) is 0 Å². The SMILES string of the molecule is Cc1ccc2c(c1)C1CCC[C@@H]3CCN(C)[C@@H](C2)[C@@H]13. The lowest BCUT2D eigenvalue weighted by atomic mass is 9.59. The third-order valence-corrected chi connectivity index (χ3v) is 6.09. The number of likely N-dealkylation sites (tertiary alicyclic amines) is 1. The van der Waals surface area contributed by atoms with Crippen molar-refractivity contribution in [3.05, 3.63) is 34.9 Å². The van der Waals surface area contributed by atoms with Crippen LogP contribution in [0, 0.1) is 18.8 Å². The fraction of sp³-hybridized carbons (Fsp3) is 0.667. The quantitative estimate of drug-likeness (QED) is 0.682. The van der Waals surface area contributed by atoms with Gasteiger partial charge in [-0.3, -0.25) is 0 Å². The number of nitrogens with zero attached hydrogens (tertiary/aromatic N) is 1. The van der Waals surface area contributed by atoms with Gasteiger partial charge in [-0.05, 0) is 68.7 Å². The molecular formula is C18H25N. The van der Waals surface area contributed by atoms with Crippen LogP contribution in [0.25, 0.3) is 0 Å². The van der Waals surface area contributed by atoms with Crippen LogP contribution in [0.2, 0.25) is 0 Å². The summed E-state index contributed by atoms with van der Waals surface area (Å²) in [5.74, 6) is 2.81. The number of hydrogen-bond donors (Lipinski definition) is 0. The Morgan fingerprint density at radius 2 is 2.05 bits per heavy atom. The molecule has 1 heteroatoms. The average molecular weight is 255 g/mol. The first-order valence-corrected chi connectivity index (χ1v) is 8.03. The highest BCUT2D eigenvalue weighted by molar-refractivity contribution is 5.39. The molecule has 0 N–H and O–H groups in total. The van der Waals surface area contributed by atoms with Crippen LogP contribution >= 0.6 is 0 Å². The highest BCUT2D eigenvalue weighted by Crippen LogP contribution is 2.51. The van der Waals surface area contributed by atoms with Gasteiger partial charge < -0.3 is 4.90 Å². The van der Waals surface area contributed by atoms with E-state index in [0.717, 1.165) is 23.8 Å². The molecule has 1 aromatic rings. The molecule has 4 rings (SSSR count). The van der Waals surface area contributed by atoms with Gasteiger partial charge >= 0.3 is 0 Å². The van der Waals surface area contributed by atoms with E-state index in [1.54, 1.807) is 11.1 Å². The first-order valence-electron chi connectivity index (χ1n) is 8.03. The molecule has 0 radical (unpaired) electrons. The Labute approximate surface area is 117 Å². The van der Waals surface area contributed by atoms with Crippen LogP contribution in [-0.4, -0.2) is 24.5 Å². The molecule has 3 aliphatic rings. The maximum atomic E-state index is 2.66. The molecule has 4 atom stereocenters. The van der Waals surface area contributed by atoms with Gasteiger partial charge in [0.2, 0.25) is 0 Å². The molecule has 1 saturated heterocycles. The third-order valence-electron chi connectivity index (χ3n) is 6.09. The van der Waals surface area contributed by atoms with Crippen LogP contribution in [0.4, 0.5) is 0 Å². The topological polar surface area (TPSA) is 3.24 Å². The minimum absolute atomic E-state index is 0.819. The first kappa shape index (κ1) is 12.0. The number of likely N-dealkylation sites (N-methyl/N-ethyl adjacent to an activating group) is 1. The zero-order valence-corrected chi connectivity index (χ0v) is 12.2. The zero-order valence-electron chi connectivity index (χ0n) is 12.2. The van der Waals surface area contributed by atoms with Gasteiger partial charge in [-0.25, -0.2) is 0 Å². The molecule has 19 heavy (non-hydrogen) atoms. The van der Waals surface area contributed by atoms with Gasteiger partial charge in [0.15, 0.2) is 0 Å². The average Bonchev–Trinajstić information content (AvgIpc) is 2.43. The molecule has 0 bridgehead atoms. The summed E-state index contributed by atoms with van der Waals surface area (Å²) in [5.41, 5.74) is 4.80. The lowest BCUT2D eigenvalue weighted by molar-refractivity contribution is 0.0183. The smallest absolute Gasteiger partial charge is 0.0169 e. The van der Waals surface area contributed by atoms with E-state index in [-0.39, 0.29) is 0 Å². The standard InChI is InChI=1S/C18H25N/c1-12-6-7-14-11-17-18-13(8-9-19(17)2)4-3-5-15(18)16(14)10-12/h6-7,10,13,15,17-18H,3-5,8-9,11H2,1-2H3/t13-,15?,17+,18-/m1/s1. The van der Waals surface area contributed by atoms with Crippen molar-refractivity contribution in [2.45, 2.75) is 51.0 Å². The molecule has 1 saturated carbocycles. The number of hydrogen-bond acceptors (Lipinski definition) is 1. The van der Waals surface area contributed by atoms with Crippen molar-refractivity contribution >= 4 is 0 Å². The summed E-state index contributed by atoms with van der Waals surface area (Å²) in [6.45, 7) is 3.57. The van der Waals surface area contributed by atoms with E-state index >= 15 is 0 Å². The van der Waals surface area contributed by atoms with E-state index < -0.39 is 0 Å². The molecular weight excluding hydrogens is 230 g/mol. The van der Waals surface area contributed by atoms with E-state index in [0.29, 0.717) is 0 Å². The Hall–Kier alpha value is -0.820. The molecule has 1 nitrogen and oxygen atoms in total. The minimum Gasteiger partial charge on any atom is -0.303 e. The molecule has 1 aromatic carbocycles. The van der Waals surface area contributed by atoms with Crippen LogP contribution in [0.5, 0.6) is 0 Å². The normalized spacial score (nSPS) is 37.6. The van der Waals surface area contributed by atoms with Crippen LogP contribution in [0.3, 0.4) is 0 Å². The maximum Gasteiger partial charge on any atom is 0.0169 e. The van der Waals surface area contributed by atoms with Gasteiger partial charge in [-0.2, -0.15) is 0 Å². The largest absolute Gasteiger partial charge is 0.303 e. The Morgan fingerprint density at radius 1 is 1.16 bits per heavy atom. The number of rotatable bonds is 0. The molecule has 1 heterocycles. The van der Waals surface area contributed by atoms with E-state index in [9.17, 15) is 0 Å². The number of fused-ring (bicyclic) bond motifs is 2. The predicted molar refractivity (Wildman–Crippen MR) is 79.5 cm³/mol. The van der Waals surface area contributed by atoms with Crippen molar-refractivity contribution in [1.82, 2.24) is 4.90 Å². The van der Waals surface area contributed by atoms with E-state index in [1.165, 1.54) is 44.2 Å². The van der Waals surface area contributed by atoms with Gasteiger partial charge in [0.1, 0.15) is 0 Å². The van der Waals surface area contributed by atoms with Gasteiger partial charge in [-0.1, -0.05) is 36.6 Å². The molecule has 0 amide bonds. The van der Waals surface area contributed by atoms with E-state index in [1.807, 2.05) is 0 Å². The Kier molecular flexibility index (Phi) is 2.73. The van der Waals surface area contributed by atoms with Crippen LogP contribution in [0.1, 0.15) is 48.3 Å². The molecule has 2 aliphatic carbocycles. The zero-order chi connectivity index (χ0) is 13.0. The van der Waals surface area contributed by atoms with Crippen LogP contribution in [0.15, 0.2) is 18.2 Å². The summed E-state index contributed by atoms with van der Waals surface area (Å²) in [6.07, 6.45) is 7.11. The molecule has 0 aromatic heterocycles. The summed E-state index contributed by atoms with van der Waals surface area (Å²) in [5, 5.41) is 0. The number of piperidine rings is 1. The number of benzene rings is 1. The minimum atomic E-state index is 0.819. The van der Waals surface area contributed by atoms with Gasteiger partial charge in [0.25, 0.3) is 0 Å². The highest BCUT2D eigenvalue weighted by Gasteiger charge is 2.46. The fourth-order valence-electron chi connectivity index (χ4n) is 5.19. The maximum absolute atomic E-state index is 2.66. The van der Waals surface area contributed by atoms with E-state index in [4.69, 9.17) is 0 Å². The predicted octanol–water partition coefficient (Wildman–Crippen LogP) is 3.76. The second-order valence-corrected chi connectivity index (χ2v) is 7.12. The fourth-order valence-corrected chi connectivity index (χ4v) is 5.19. The molecule has 1 unspecified atom stereocenters. The van der Waals surface area contributed by atoms with Gasteiger partial charge in [-0.15, -0.1) is 0 Å². The van der Waals surface area contributed by atoms with Crippen molar-refractivity contribution in [3.63, 3.8) is 0 Å². The molecule has 2 fully saturated rings. The lowest BCUT2D eigenvalue weighted by Crippen LogP contribution is -2.53. The summed E-state index contributed by atoms with van der Waals surface area (Å²) in [6, 6.07) is 8.03. The first-order chi connectivity index (χ1) is 9.24. The Balaban J connectivity index is 1.81.